The molecule has 1 saturated heterocycles. The first-order valence-electron chi connectivity index (χ1n) is 6.23. The Bertz CT molecular complexity index is 261. The molecule has 0 aromatic rings. The zero-order valence-corrected chi connectivity index (χ0v) is 10.3. The highest BCUT2D eigenvalue weighted by Gasteiger charge is 2.22. The second-order valence-corrected chi connectivity index (χ2v) is 4.55. The van der Waals surface area contributed by atoms with Gasteiger partial charge >= 0.3 is 5.97 Å². The van der Waals surface area contributed by atoms with E-state index in [1.807, 2.05) is 6.92 Å². The van der Waals surface area contributed by atoms with Gasteiger partial charge in [0.2, 0.25) is 5.91 Å². The molecule has 1 aliphatic heterocycles. The third kappa shape index (κ3) is 5.68. The van der Waals surface area contributed by atoms with Crippen LogP contribution in [0.25, 0.3) is 0 Å². The van der Waals surface area contributed by atoms with Crippen LogP contribution >= 0.6 is 0 Å². The van der Waals surface area contributed by atoms with E-state index in [1.165, 1.54) is 0 Å². The predicted molar refractivity (Wildman–Crippen MR) is 62.7 cm³/mol. The van der Waals surface area contributed by atoms with Crippen LogP contribution in [0.2, 0.25) is 0 Å². The number of carbonyl (C=O) groups is 2. The molecule has 0 bridgehead atoms. The van der Waals surface area contributed by atoms with E-state index >= 15 is 0 Å². The molecule has 0 spiro atoms. The number of hydrogen-bond acceptors (Lipinski definition) is 3. The summed E-state index contributed by atoms with van der Waals surface area (Å²) in [6.07, 6.45) is 3.95. The van der Waals surface area contributed by atoms with Crippen LogP contribution in [0, 0.1) is 0 Å². The minimum atomic E-state index is -0.792. The van der Waals surface area contributed by atoms with Crippen molar-refractivity contribution in [2.24, 2.45) is 0 Å². The highest BCUT2D eigenvalue weighted by atomic mass is 16.5. The molecule has 1 heterocycles. The van der Waals surface area contributed by atoms with E-state index in [-0.39, 0.29) is 24.5 Å². The first-order valence-corrected chi connectivity index (χ1v) is 6.23. The van der Waals surface area contributed by atoms with Gasteiger partial charge < -0.3 is 15.2 Å². The van der Waals surface area contributed by atoms with Crippen molar-refractivity contribution in [1.82, 2.24) is 5.32 Å². The van der Waals surface area contributed by atoms with Gasteiger partial charge in [0.15, 0.2) is 0 Å². The third-order valence-electron chi connectivity index (χ3n) is 2.89. The summed E-state index contributed by atoms with van der Waals surface area (Å²) in [7, 11) is 0. The molecule has 2 atom stereocenters. The van der Waals surface area contributed by atoms with E-state index in [0.29, 0.717) is 19.4 Å². The topological polar surface area (TPSA) is 75.6 Å². The number of ether oxygens (including phenoxy) is 1. The molecule has 0 aromatic heterocycles. The molecule has 17 heavy (non-hydrogen) atoms. The van der Waals surface area contributed by atoms with Crippen molar-refractivity contribution in [2.45, 2.75) is 57.6 Å². The van der Waals surface area contributed by atoms with Crippen LogP contribution in [0.15, 0.2) is 0 Å². The van der Waals surface area contributed by atoms with Crippen LogP contribution in [0.1, 0.15) is 45.4 Å². The van der Waals surface area contributed by atoms with Crippen LogP contribution in [0.3, 0.4) is 0 Å². The highest BCUT2D eigenvalue weighted by Crippen LogP contribution is 2.13. The van der Waals surface area contributed by atoms with Crippen molar-refractivity contribution >= 4 is 11.9 Å². The van der Waals surface area contributed by atoms with Crippen molar-refractivity contribution in [3.8, 4) is 0 Å². The number of amides is 1. The summed E-state index contributed by atoms with van der Waals surface area (Å²) < 4.78 is 5.38. The predicted octanol–water partition coefficient (Wildman–Crippen LogP) is 1.32. The molecule has 1 rings (SSSR count). The fourth-order valence-corrected chi connectivity index (χ4v) is 1.91. The smallest absolute Gasteiger partial charge is 0.303 e. The van der Waals surface area contributed by atoms with Crippen molar-refractivity contribution in [3.05, 3.63) is 0 Å². The van der Waals surface area contributed by atoms with E-state index < -0.39 is 5.97 Å². The van der Waals surface area contributed by atoms with Gasteiger partial charge in [0.25, 0.3) is 0 Å². The van der Waals surface area contributed by atoms with Crippen LogP contribution in [0.4, 0.5) is 0 Å². The monoisotopic (exact) mass is 243 g/mol. The average Bonchev–Trinajstić information content (AvgIpc) is 2.29. The maximum absolute atomic E-state index is 11.8. The lowest BCUT2D eigenvalue weighted by Gasteiger charge is -2.23. The van der Waals surface area contributed by atoms with Crippen LogP contribution < -0.4 is 5.32 Å². The molecule has 1 aliphatic rings. The van der Waals surface area contributed by atoms with Crippen LogP contribution in [-0.2, 0) is 14.3 Å². The fraction of sp³-hybridized carbons (Fsp3) is 0.833. The lowest BCUT2D eigenvalue weighted by molar-refractivity contribution is -0.137. The molecule has 98 valence electrons. The molecule has 0 aromatic carbocycles. The molecular weight excluding hydrogens is 222 g/mol. The normalized spacial score (nSPS) is 21.8. The fourth-order valence-electron chi connectivity index (χ4n) is 1.91. The van der Waals surface area contributed by atoms with Gasteiger partial charge in [-0.05, 0) is 39.0 Å². The summed E-state index contributed by atoms with van der Waals surface area (Å²) in [5.74, 6) is -0.855. The van der Waals surface area contributed by atoms with E-state index in [9.17, 15) is 9.59 Å². The van der Waals surface area contributed by atoms with Crippen molar-refractivity contribution in [1.29, 1.82) is 0 Å². The molecule has 5 heteroatoms. The highest BCUT2D eigenvalue weighted by molar-refractivity contribution is 5.81. The van der Waals surface area contributed by atoms with Gasteiger partial charge in [-0.25, -0.2) is 0 Å². The summed E-state index contributed by atoms with van der Waals surface area (Å²) in [4.78, 5) is 22.1. The summed E-state index contributed by atoms with van der Waals surface area (Å²) >= 11 is 0. The van der Waals surface area contributed by atoms with Crippen molar-refractivity contribution in [3.63, 3.8) is 0 Å². The Labute approximate surface area is 102 Å². The van der Waals surface area contributed by atoms with Crippen LogP contribution in [0.5, 0.6) is 0 Å². The second kappa shape index (κ2) is 7.27. The number of rotatable bonds is 6. The SMILES string of the molecule is CC(CCCC(=O)O)NC(=O)C1CCCCO1. The largest absolute Gasteiger partial charge is 0.481 e. The first kappa shape index (κ1) is 14.0. The summed E-state index contributed by atoms with van der Waals surface area (Å²) in [5, 5.41) is 11.4. The van der Waals surface area contributed by atoms with Gasteiger partial charge in [0.05, 0.1) is 0 Å². The van der Waals surface area contributed by atoms with Crippen LogP contribution in [-0.4, -0.2) is 35.7 Å². The maximum atomic E-state index is 11.8. The van der Waals surface area contributed by atoms with E-state index in [0.717, 1.165) is 19.3 Å². The molecule has 1 fully saturated rings. The standard InChI is InChI=1S/C12H21NO4/c1-9(5-4-7-11(14)15)13-12(16)10-6-2-3-8-17-10/h9-10H,2-8H2,1H3,(H,13,16)(H,14,15). The molecule has 1 amide bonds. The average molecular weight is 243 g/mol. The Morgan fingerprint density at radius 1 is 1.47 bits per heavy atom. The Morgan fingerprint density at radius 2 is 2.24 bits per heavy atom. The van der Waals surface area contributed by atoms with E-state index in [2.05, 4.69) is 5.32 Å². The lowest BCUT2D eigenvalue weighted by Crippen LogP contribution is -2.42. The molecule has 2 unspecified atom stereocenters. The molecular formula is C12H21NO4. The third-order valence-corrected chi connectivity index (χ3v) is 2.89. The van der Waals surface area contributed by atoms with E-state index in [1.54, 1.807) is 0 Å². The molecule has 2 N–H and O–H groups in total. The summed E-state index contributed by atoms with van der Waals surface area (Å²) in [6.45, 7) is 2.55. The second-order valence-electron chi connectivity index (χ2n) is 4.55. The Morgan fingerprint density at radius 3 is 2.82 bits per heavy atom. The van der Waals surface area contributed by atoms with Gasteiger partial charge in [0.1, 0.15) is 6.10 Å². The first-order chi connectivity index (χ1) is 8.09. The Hall–Kier alpha value is -1.10. The number of carboxylic acid groups (broad SMARTS) is 1. The van der Waals surface area contributed by atoms with Crippen molar-refractivity contribution < 1.29 is 19.4 Å². The van der Waals surface area contributed by atoms with Gasteiger partial charge in [-0.2, -0.15) is 0 Å². The van der Waals surface area contributed by atoms with Gasteiger partial charge in [-0.1, -0.05) is 0 Å². The minimum absolute atomic E-state index is 0.00683. The summed E-state index contributed by atoms with van der Waals surface area (Å²) in [5.41, 5.74) is 0. The Kier molecular flexibility index (Phi) is 5.97. The molecule has 0 aliphatic carbocycles. The number of hydrogen-bond donors (Lipinski definition) is 2. The molecule has 0 radical (unpaired) electrons. The lowest BCUT2D eigenvalue weighted by atomic mass is 10.1. The maximum Gasteiger partial charge on any atom is 0.303 e. The number of nitrogens with one attached hydrogen (secondary N) is 1. The summed E-state index contributed by atoms with van der Waals surface area (Å²) in [6, 6.07) is 0.00683. The zero-order valence-electron chi connectivity index (χ0n) is 10.3. The quantitative estimate of drug-likeness (QED) is 0.737. The Balaban J connectivity index is 2.18. The van der Waals surface area contributed by atoms with E-state index in [4.69, 9.17) is 9.84 Å². The minimum Gasteiger partial charge on any atom is -0.481 e. The number of aliphatic carboxylic acids is 1. The molecule has 5 nitrogen and oxygen atoms in total. The van der Waals surface area contributed by atoms with Gasteiger partial charge in [-0.15, -0.1) is 0 Å². The van der Waals surface area contributed by atoms with Gasteiger partial charge in [-0.3, -0.25) is 9.59 Å². The zero-order chi connectivity index (χ0) is 12.7. The molecule has 0 saturated carbocycles. The van der Waals surface area contributed by atoms with Crippen molar-refractivity contribution in [2.75, 3.05) is 6.61 Å². The van der Waals surface area contributed by atoms with Gasteiger partial charge in [0, 0.05) is 19.1 Å². The number of carboxylic acids is 1. The number of carbonyl (C=O) groups excluding carboxylic acids is 1.